The lowest BCUT2D eigenvalue weighted by atomic mass is 10.0. The third-order valence-electron chi connectivity index (χ3n) is 5.60. The fourth-order valence-electron chi connectivity index (χ4n) is 3.92. The van der Waals surface area contributed by atoms with Crippen LogP contribution in [0.25, 0.3) is 10.9 Å². The summed E-state index contributed by atoms with van der Waals surface area (Å²) in [4.78, 5) is 28.7. The molecule has 0 aliphatic carbocycles. The number of benzene rings is 1. The maximum Gasteiger partial charge on any atom is 0.328 e. The predicted octanol–water partition coefficient (Wildman–Crippen LogP) is 3.74. The van der Waals surface area contributed by atoms with Crippen molar-refractivity contribution in [2.24, 2.45) is 0 Å². The summed E-state index contributed by atoms with van der Waals surface area (Å²) < 4.78 is 12.4. The Labute approximate surface area is 180 Å². The van der Waals surface area contributed by atoms with Crippen molar-refractivity contribution in [3.05, 3.63) is 83.2 Å². The van der Waals surface area contributed by atoms with E-state index < -0.39 is 12.0 Å². The Morgan fingerprint density at radius 3 is 2.74 bits per heavy atom. The van der Waals surface area contributed by atoms with Gasteiger partial charge in [-0.2, -0.15) is 0 Å². The normalized spacial score (nSPS) is 12.1. The summed E-state index contributed by atoms with van der Waals surface area (Å²) in [6, 6.07) is 12.6. The number of carbonyl (C=O) groups excluding carboxylic acids is 2. The summed E-state index contributed by atoms with van der Waals surface area (Å²) in [5.41, 5.74) is 4.19. The second-order valence-electron chi connectivity index (χ2n) is 7.56. The Morgan fingerprint density at radius 1 is 1.19 bits per heavy atom. The van der Waals surface area contributed by atoms with Gasteiger partial charge in [-0.1, -0.05) is 18.2 Å². The Balaban J connectivity index is 1.56. The molecule has 1 unspecified atom stereocenters. The monoisotopic (exact) mass is 419 g/mol. The molecule has 3 aromatic heterocycles. The van der Waals surface area contributed by atoms with Crippen molar-refractivity contribution in [1.29, 1.82) is 0 Å². The molecule has 0 saturated heterocycles. The maximum absolute atomic E-state index is 13.1. The van der Waals surface area contributed by atoms with Crippen LogP contribution < -0.4 is 5.32 Å². The Morgan fingerprint density at radius 2 is 2.00 bits per heavy atom. The van der Waals surface area contributed by atoms with Crippen molar-refractivity contribution in [3.8, 4) is 0 Å². The number of ether oxygens (including phenoxy) is 1. The van der Waals surface area contributed by atoms with E-state index in [4.69, 9.17) is 9.15 Å². The number of methoxy groups -OCH3 is 1. The number of para-hydroxylation sites is 1. The van der Waals surface area contributed by atoms with Gasteiger partial charge < -0.3 is 24.0 Å². The van der Waals surface area contributed by atoms with E-state index in [2.05, 4.69) is 10.3 Å². The number of carbonyl (C=O) groups is 2. The van der Waals surface area contributed by atoms with Crippen LogP contribution in [0, 0.1) is 13.8 Å². The first-order valence-corrected chi connectivity index (χ1v) is 10.1. The zero-order chi connectivity index (χ0) is 22.0. The fourth-order valence-corrected chi connectivity index (χ4v) is 3.92. The largest absolute Gasteiger partial charge is 0.467 e. The molecule has 0 bridgehead atoms. The topological polar surface area (TPSA) is 89.3 Å². The molecule has 4 rings (SSSR count). The molecule has 2 N–H and O–H groups in total. The Bertz CT molecular complexity index is 1220. The molecule has 4 aromatic rings. The van der Waals surface area contributed by atoms with Crippen LogP contribution in [0.3, 0.4) is 0 Å². The van der Waals surface area contributed by atoms with E-state index in [1.165, 1.54) is 7.11 Å². The molecule has 31 heavy (non-hydrogen) atoms. The van der Waals surface area contributed by atoms with E-state index in [9.17, 15) is 9.59 Å². The molecule has 0 aliphatic rings. The number of aromatic amines is 1. The lowest BCUT2D eigenvalue weighted by molar-refractivity contribution is -0.142. The molecule has 7 nitrogen and oxygen atoms in total. The number of fused-ring (bicyclic) bond motifs is 1. The van der Waals surface area contributed by atoms with Gasteiger partial charge >= 0.3 is 5.97 Å². The van der Waals surface area contributed by atoms with Gasteiger partial charge in [0.2, 0.25) is 0 Å². The van der Waals surface area contributed by atoms with Crippen LogP contribution in [-0.2, 0) is 22.5 Å². The molecule has 1 aromatic carbocycles. The first-order valence-electron chi connectivity index (χ1n) is 10.1. The lowest BCUT2D eigenvalue weighted by Gasteiger charge is -2.16. The first kappa shape index (κ1) is 20.5. The summed E-state index contributed by atoms with van der Waals surface area (Å²) in [7, 11) is 1.33. The molecule has 0 spiro atoms. The molecule has 7 heteroatoms. The van der Waals surface area contributed by atoms with E-state index in [1.807, 2.05) is 67.1 Å². The number of amides is 1. The smallest absolute Gasteiger partial charge is 0.328 e. The number of esters is 1. The summed E-state index contributed by atoms with van der Waals surface area (Å²) in [5, 5.41) is 3.88. The molecular formula is C24H25N3O4. The minimum Gasteiger partial charge on any atom is -0.467 e. The summed E-state index contributed by atoms with van der Waals surface area (Å²) in [6.45, 7) is 4.36. The molecule has 0 saturated carbocycles. The zero-order valence-corrected chi connectivity index (χ0v) is 17.8. The number of furan rings is 1. The molecule has 0 radical (unpaired) electrons. The highest BCUT2D eigenvalue weighted by molar-refractivity contribution is 5.98. The van der Waals surface area contributed by atoms with Crippen molar-refractivity contribution < 1.29 is 18.7 Å². The number of nitrogens with one attached hydrogen (secondary N) is 2. The second kappa shape index (κ2) is 8.55. The standard InChI is InChI=1S/C24H25N3O4/c1-15-11-20(16(2)27(15)14-18-7-6-10-31-18)23(28)26-22(24(29)30-3)12-17-13-25-21-9-5-4-8-19(17)21/h4-11,13,22,25H,12,14H2,1-3H3,(H,26,28). The van der Waals surface area contributed by atoms with Crippen LogP contribution in [0.4, 0.5) is 0 Å². The number of hydrogen-bond acceptors (Lipinski definition) is 4. The van der Waals surface area contributed by atoms with Crippen molar-refractivity contribution in [2.75, 3.05) is 7.11 Å². The van der Waals surface area contributed by atoms with Gasteiger partial charge in [0.1, 0.15) is 11.8 Å². The van der Waals surface area contributed by atoms with Gasteiger partial charge in [-0.05, 0) is 43.7 Å². The third-order valence-corrected chi connectivity index (χ3v) is 5.60. The minimum atomic E-state index is -0.801. The number of hydrogen-bond donors (Lipinski definition) is 2. The van der Waals surface area contributed by atoms with Gasteiger partial charge in [0.25, 0.3) is 5.91 Å². The molecular weight excluding hydrogens is 394 g/mol. The molecule has 1 atom stereocenters. The van der Waals surface area contributed by atoms with Gasteiger partial charge in [-0.3, -0.25) is 4.79 Å². The number of aromatic nitrogens is 2. The van der Waals surface area contributed by atoms with Gasteiger partial charge in [0.05, 0.1) is 25.5 Å². The van der Waals surface area contributed by atoms with Crippen molar-refractivity contribution in [2.45, 2.75) is 32.9 Å². The van der Waals surface area contributed by atoms with Gasteiger partial charge in [-0.15, -0.1) is 0 Å². The molecule has 0 fully saturated rings. The lowest BCUT2D eigenvalue weighted by Crippen LogP contribution is -2.43. The molecule has 160 valence electrons. The maximum atomic E-state index is 13.1. The number of H-pyrrole nitrogens is 1. The van der Waals surface area contributed by atoms with Crippen molar-refractivity contribution in [3.63, 3.8) is 0 Å². The highest BCUT2D eigenvalue weighted by atomic mass is 16.5. The fraction of sp³-hybridized carbons (Fsp3) is 0.250. The average Bonchev–Trinajstić information content (AvgIpc) is 3.49. The Hall–Kier alpha value is -3.74. The van der Waals surface area contributed by atoms with Crippen molar-refractivity contribution >= 4 is 22.8 Å². The molecule has 0 aliphatic heterocycles. The summed E-state index contributed by atoms with van der Waals surface area (Å²) in [5.74, 6) is 0.0117. The highest BCUT2D eigenvalue weighted by Gasteiger charge is 2.26. The van der Waals surface area contributed by atoms with Crippen molar-refractivity contribution in [1.82, 2.24) is 14.9 Å². The zero-order valence-electron chi connectivity index (χ0n) is 17.8. The molecule has 1 amide bonds. The summed E-state index contributed by atoms with van der Waals surface area (Å²) >= 11 is 0. The SMILES string of the molecule is COC(=O)C(Cc1c[nH]c2ccccc12)NC(=O)c1cc(C)n(Cc2ccco2)c1C. The number of aryl methyl sites for hydroxylation is 1. The van der Waals surface area contributed by atoms with Crippen LogP contribution in [0.2, 0.25) is 0 Å². The average molecular weight is 419 g/mol. The van der Waals surface area contributed by atoms with Crippen LogP contribution in [0.1, 0.15) is 33.1 Å². The van der Waals surface area contributed by atoms with Gasteiger partial charge in [-0.25, -0.2) is 4.79 Å². The van der Waals surface area contributed by atoms with Crippen LogP contribution in [-0.4, -0.2) is 34.6 Å². The van der Waals surface area contributed by atoms with E-state index in [-0.39, 0.29) is 5.91 Å². The third kappa shape index (κ3) is 4.12. The van der Waals surface area contributed by atoms with E-state index >= 15 is 0 Å². The minimum absolute atomic E-state index is 0.311. The summed E-state index contributed by atoms with van der Waals surface area (Å²) in [6.07, 6.45) is 3.82. The van der Waals surface area contributed by atoms with Crippen LogP contribution >= 0.6 is 0 Å². The van der Waals surface area contributed by atoms with Gasteiger partial charge in [0.15, 0.2) is 0 Å². The van der Waals surface area contributed by atoms with Gasteiger partial charge in [0, 0.05) is 34.9 Å². The quantitative estimate of drug-likeness (QED) is 0.447. The van der Waals surface area contributed by atoms with E-state index in [0.717, 1.165) is 33.6 Å². The van der Waals surface area contributed by atoms with Crippen LogP contribution in [0.15, 0.2) is 59.3 Å². The first-order chi connectivity index (χ1) is 15.0. The highest BCUT2D eigenvalue weighted by Crippen LogP contribution is 2.21. The van der Waals surface area contributed by atoms with E-state index in [1.54, 1.807) is 6.26 Å². The van der Waals surface area contributed by atoms with E-state index in [0.29, 0.717) is 18.5 Å². The number of nitrogens with zero attached hydrogens (tertiary/aromatic N) is 1. The molecule has 3 heterocycles. The Kier molecular flexibility index (Phi) is 5.66. The van der Waals surface area contributed by atoms with Crippen LogP contribution in [0.5, 0.6) is 0 Å². The number of rotatable bonds is 7. The predicted molar refractivity (Wildman–Crippen MR) is 117 cm³/mol. The second-order valence-corrected chi connectivity index (χ2v) is 7.56.